The molecular formula is C32H38FN5O3S. The number of carbonyl (C=O) groups is 2. The molecule has 8 nitrogen and oxygen atoms in total. The number of nitrogens with one attached hydrogen (secondary N) is 2. The first-order valence-corrected chi connectivity index (χ1v) is 15.5. The van der Waals surface area contributed by atoms with E-state index in [2.05, 4.69) is 51.5 Å². The quantitative estimate of drug-likeness (QED) is 0.244. The molecule has 222 valence electrons. The van der Waals surface area contributed by atoms with Gasteiger partial charge in [0.05, 0.1) is 30.3 Å². The maximum absolute atomic E-state index is 13.2. The Labute approximate surface area is 249 Å². The monoisotopic (exact) mass is 591 g/mol. The molecule has 0 radical (unpaired) electrons. The molecule has 1 atom stereocenters. The zero-order chi connectivity index (χ0) is 29.5. The van der Waals surface area contributed by atoms with Gasteiger partial charge in [0.2, 0.25) is 5.91 Å². The van der Waals surface area contributed by atoms with Gasteiger partial charge in [0, 0.05) is 49.1 Å². The minimum atomic E-state index is -0.316. The van der Waals surface area contributed by atoms with Gasteiger partial charge in [-0.2, -0.15) is 0 Å². The van der Waals surface area contributed by atoms with E-state index in [-0.39, 0.29) is 30.3 Å². The maximum atomic E-state index is 13.2. The third kappa shape index (κ3) is 7.42. The van der Waals surface area contributed by atoms with Gasteiger partial charge >= 0.3 is 0 Å². The van der Waals surface area contributed by atoms with Gasteiger partial charge in [-0.05, 0) is 60.2 Å². The van der Waals surface area contributed by atoms with Crippen molar-refractivity contribution in [2.24, 2.45) is 0 Å². The van der Waals surface area contributed by atoms with Crippen molar-refractivity contribution in [1.82, 2.24) is 25.1 Å². The van der Waals surface area contributed by atoms with Crippen LogP contribution < -0.4 is 10.6 Å². The van der Waals surface area contributed by atoms with E-state index in [1.165, 1.54) is 17.0 Å². The fourth-order valence-corrected chi connectivity index (χ4v) is 6.19. The molecule has 1 aliphatic heterocycles. The van der Waals surface area contributed by atoms with Crippen molar-refractivity contribution in [3.63, 3.8) is 0 Å². The highest BCUT2D eigenvalue weighted by Crippen LogP contribution is 2.28. The summed E-state index contributed by atoms with van der Waals surface area (Å²) >= 11 is 1.72. The van der Waals surface area contributed by atoms with E-state index >= 15 is 0 Å². The fraction of sp³-hybridized carbons (Fsp3) is 0.406. The Kier molecular flexibility index (Phi) is 9.99. The third-order valence-electron chi connectivity index (χ3n) is 7.72. The van der Waals surface area contributed by atoms with Crippen molar-refractivity contribution in [3.05, 3.63) is 87.6 Å². The molecule has 5 rings (SSSR count). The minimum absolute atomic E-state index is 0.130. The van der Waals surface area contributed by atoms with Crippen LogP contribution in [-0.4, -0.2) is 65.2 Å². The number of imidazole rings is 1. The van der Waals surface area contributed by atoms with Gasteiger partial charge in [0.25, 0.3) is 5.91 Å². The summed E-state index contributed by atoms with van der Waals surface area (Å²) in [7, 11) is 0. The van der Waals surface area contributed by atoms with E-state index in [0.717, 1.165) is 48.2 Å². The van der Waals surface area contributed by atoms with Gasteiger partial charge in [0.15, 0.2) is 0 Å². The predicted molar refractivity (Wildman–Crippen MR) is 163 cm³/mol. The first-order valence-electron chi connectivity index (χ1n) is 14.6. The molecule has 0 aliphatic carbocycles. The zero-order valence-corrected chi connectivity index (χ0v) is 25.0. The molecule has 1 fully saturated rings. The van der Waals surface area contributed by atoms with Crippen LogP contribution in [0.4, 0.5) is 4.39 Å². The molecule has 1 aliphatic rings. The molecule has 1 saturated heterocycles. The molecule has 10 heteroatoms. The molecule has 4 aromatic rings. The van der Waals surface area contributed by atoms with E-state index in [1.807, 2.05) is 12.1 Å². The first kappa shape index (κ1) is 29.9. The van der Waals surface area contributed by atoms with Gasteiger partial charge in [-0.1, -0.05) is 32.0 Å². The van der Waals surface area contributed by atoms with E-state index in [9.17, 15) is 14.0 Å². The molecule has 0 saturated carbocycles. The number of amides is 2. The average molecular weight is 592 g/mol. The number of hydrogen-bond donors (Lipinski definition) is 2. The molecule has 2 amide bonds. The van der Waals surface area contributed by atoms with Crippen LogP contribution in [-0.2, 0) is 22.5 Å². The zero-order valence-electron chi connectivity index (χ0n) is 24.1. The summed E-state index contributed by atoms with van der Waals surface area (Å²) in [6.07, 6.45) is 2.58. The molecule has 42 heavy (non-hydrogen) atoms. The number of aromatic nitrogens is 2. The molecule has 3 heterocycles. The summed E-state index contributed by atoms with van der Waals surface area (Å²) in [6.45, 7) is 7.27. The number of benzene rings is 2. The molecule has 2 N–H and O–H groups in total. The van der Waals surface area contributed by atoms with Crippen LogP contribution in [0.3, 0.4) is 0 Å². The van der Waals surface area contributed by atoms with Crippen LogP contribution in [0, 0.1) is 5.82 Å². The highest BCUT2D eigenvalue weighted by Gasteiger charge is 2.22. The Bertz CT molecular complexity index is 1480. The number of ether oxygens (including phenoxy) is 1. The lowest BCUT2D eigenvalue weighted by Gasteiger charge is -2.33. The number of fused-ring (bicyclic) bond motifs is 1. The normalized spacial score (nSPS) is 15.8. The average Bonchev–Trinajstić information content (AvgIpc) is 3.64. The topological polar surface area (TPSA) is 88.5 Å². The number of rotatable bonds is 12. The lowest BCUT2D eigenvalue weighted by molar-refractivity contribution is -0.121. The van der Waals surface area contributed by atoms with Gasteiger partial charge < -0.3 is 19.9 Å². The van der Waals surface area contributed by atoms with Crippen molar-refractivity contribution in [3.8, 4) is 0 Å². The summed E-state index contributed by atoms with van der Waals surface area (Å²) in [5, 5.41) is 7.68. The second-order valence-corrected chi connectivity index (χ2v) is 11.7. The SMILES string of the molecule is CCC(CC)n1c(Cc2cccs2)nc2cc(C(=O)NCC(=O)NCC3CN(Cc4ccc(F)cc4)CCO3)ccc21. The van der Waals surface area contributed by atoms with Crippen LogP contribution in [0.2, 0.25) is 0 Å². The Balaban J connectivity index is 1.15. The van der Waals surface area contributed by atoms with Crippen molar-refractivity contribution in [2.45, 2.75) is 51.8 Å². The number of morpholine rings is 1. The van der Waals surface area contributed by atoms with Crippen LogP contribution in [0.1, 0.15) is 59.4 Å². The molecule has 0 bridgehead atoms. The highest BCUT2D eigenvalue weighted by atomic mass is 32.1. The van der Waals surface area contributed by atoms with Gasteiger partial charge in [-0.3, -0.25) is 14.5 Å². The number of thiophene rings is 1. The summed E-state index contributed by atoms with van der Waals surface area (Å²) in [6, 6.07) is 16.6. The van der Waals surface area contributed by atoms with E-state index in [0.29, 0.717) is 37.8 Å². The maximum Gasteiger partial charge on any atom is 0.251 e. The van der Waals surface area contributed by atoms with Crippen molar-refractivity contribution in [2.75, 3.05) is 32.8 Å². The van der Waals surface area contributed by atoms with E-state index < -0.39 is 0 Å². The van der Waals surface area contributed by atoms with Crippen LogP contribution in [0.25, 0.3) is 11.0 Å². The summed E-state index contributed by atoms with van der Waals surface area (Å²) < 4.78 is 21.3. The Morgan fingerprint density at radius 1 is 1.12 bits per heavy atom. The molecular weight excluding hydrogens is 553 g/mol. The predicted octanol–water partition coefficient (Wildman–Crippen LogP) is 4.94. The van der Waals surface area contributed by atoms with Gasteiger partial charge in [-0.15, -0.1) is 11.3 Å². The largest absolute Gasteiger partial charge is 0.374 e. The van der Waals surface area contributed by atoms with Gasteiger partial charge in [0.1, 0.15) is 11.6 Å². The Hall–Kier alpha value is -3.60. The lowest BCUT2D eigenvalue weighted by Crippen LogP contribution is -2.48. The highest BCUT2D eigenvalue weighted by molar-refractivity contribution is 7.09. The Morgan fingerprint density at radius 2 is 1.93 bits per heavy atom. The summed E-state index contributed by atoms with van der Waals surface area (Å²) in [5.41, 5.74) is 3.30. The third-order valence-corrected chi connectivity index (χ3v) is 8.60. The molecule has 0 spiro atoms. The van der Waals surface area contributed by atoms with E-state index in [4.69, 9.17) is 9.72 Å². The van der Waals surface area contributed by atoms with Crippen LogP contribution in [0.5, 0.6) is 0 Å². The molecule has 2 aromatic carbocycles. The van der Waals surface area contributed by atoms with Crippen molar-refractivity contribution in [1.29, 1.82) is 0 Å². The number of nitrogens with zero attached hydrogens (tertiary/aromatic N) is 3. The lowest BCUT2D eigenvalue weighted by atomic mass is 10.1. The number of carbonyl (C=O) groups excluding carboxylic acids is 2. The second-order valence-electron chi connectivity index (χ2n) is 10.7. The van der Waals surface area contributed by atoms with E-state index in [1.54, 1.807) is 29.5 Å². The van der Waals surface area contributed by atoms with Crippen molar-refractivity contribution < 1.29 is 18.7 Å². The molecule has 2 aromatic heterocycles. The van der Waals surface area contributed by atoms with Gasteiger partial charge in [-0.25, -0.2) is 9.37 Å². The number of hydrogen-bond acceptors (Lipinski definition) is 6. The Morgan fingerprint density at radius 3 is 2.67 bits per heavy atom. The summed E-state index contributed by atoms with van der Waals surface area (Å²) in [4.78, 5) is 33.9. The smallest absolute Gasteiger partial charge is 0.251 e. The standard InChI is InChI=1S/C32H38FN5O3S/c1-3-25(4-2)38-29-12-9-23(16-28(29)36-30(38)17-27-6-5-15-42-27)32(40)35-19-31(39)34-18-26-21-37(13-14-41-26)20-22-7-10-24(33)11-8-22/h5-12,15-16,25-26H,3-4,13-14,17-21H2,1-2H3,(H,34,39)(H,35,40). The summed E-state index contributed by atoms with van der Waals surface area (Å²) in [5.74, 6) is 0.156. The second kappa shape index (κ2) is 14.0. The number of halogens is 1. The van der Waals surface area contributed by atoms with Crippen LogP contribution in [0.15, 0.2) is 60.0 Å². The molecule has 1 unspecified atom stereocenters. The first-order chi connectivity index (χ1) is 20.4. The fourth-order valence-electron chi connectivity index (χ4n) is 5.49. The van der Waals surface area contributed by atoms with Crippen LogP contribution >= 0.6 is 11.3 Å². The minimum Gasteiger partial charge on any atom is -0.374 e. The van der Waals surface area contributed by atoms with Crippen molar-refractivity contribution >= 4 is 34.2 Å².